The van der Waals surface area contributed by atoms with E-state index in [1.54, 1.807) is 36.4 Å². The van der Waals surface area contributed by atoms with Gasteiger partial charge in [0.2, 0.25) is 11.8 Å². The van der Waals surface area contributed by atoms with E-state index in [0.717, 1.165) is 32.1 Å². The van der Waals surface area contributed by atoms with Gasteiger partial charge in [-0.25, -0.2) is 9.07 Å². The third-order valence-electron chi connectivity index (χ3n) is 7.28. The minimum Gasteiger partial charge on any atom is -0.497 e. The minimum absolute atomic E-state index is 0.0514. The first-order valence-electron chi connectivity index (χ1n) is 13.4. The lowest BCUT2D eigenvalue weighted by molar-refractivity contribution is -0.127. The number of ether oxygens (including phenoxy) is 2. The number of fused-ring (bicyclic) bond motifs is 1. The molecule has 0 radical (unpaired) electrons. The van der Waals surface area contributed by atoms with Crippen molar-refractivity contribution in [1.29, 1.82) is 0 Å². The van der Waals surface area contributed by atoms with Crippen molar-refractivity contribution < 1.29 is 23.5 Å². The van der Waals surface area contributed by atoms with E-state index in [4.69, 9.17) is 9.47 Å². The summed E-state index contributed by atoms with van der Waals surface area (Å²) in [5.74, 6) is -0.757. The highest BCUT2D eigenvalue weighted by Gasteiger charge is 2.37. The molecule has 1 atom stereocenters. The van der Waals surface area contributed by atoms with E-state index in [2.05, 4.69) is 15.6 Å². The Kier molecular flexibility index (Phi) is 8.23. The Morgan fingerprint density at radius 2 is 1.77 bits per heavy atom. The van der Waals surface area contributed by atoms with Gasteiger partial charge in [-0.05, 0) is 43.2 Å². The molecule has 208 valence electrons. The number of hydrogen-bond acceptors (Lipinski definition) is 6. The van der Waals surface area contributed by atoms with Crippen LogP contribution in [0.1, 0.15) is 43.7 Å². The number of methoxy groups -OCH3 is 2. The van der Waals surface area contributed by atoms with E-state index in [-0.39, 0.29) is 18.2 Å². The Morgan fingerprint density at radius 1 is 1.02 bits per heavy atom. The summed E-state index contributed by atoms with van der Waals surface area (Å²) < 4.78 is 27.9. The molecule has 4 aromatic rings. The first-order chi connectivity index (χ1) is 19.5. The number of amides is 2. The van der Waals surface area contributed by atoms with Crippen LogP contribution in [0, 0.1) is 5.82 Å². The van der Waals surface area contributed by atoms with Crippen LogP contribution in [0.15, 0.2) is 66.7 Å². The molecule has 2 amide bonds. The largest absolute Gasteiger partial charge is 0.497 e. The molecular formula is C30H32FN5O4. The monoisotopic (exact) mass is 545 g/mol. The fourth-order valence-corrected chi connectivity index (χ4v) is 5.26. The number of nitrogens with zero attached hydrogens (tertiary/aromatic N) is 4. The van der Waals surface area contributed by atoms with Gasteiger partial charge in [-0.2, -0.15) is 0 Å². The standard InChI is InChI=1S/C30H32FN5O4/c1-39-21-16-17-26(27(18-21)40-2)36(28(37)19-35-25-15-9-8-14-24(25)33-34-35)29(22-12-6-7-13-23(22)31)30(38)32-20-10-4-3-5-11-20/h6-9,12-18,20,29H,3-5,10-11,19H2,1-2H3,(H,32,38)/t29-/m0/s1. The van der Waals surface area contributed by atoms with Crippen molar-refractivity contribution in [2.24, 2.45) is 0 Å². The average Bonchev–Trinajstić information content (AvgIpc) is 3.39. The zero-order valence-electron chi connectivity index (χ0n) is 22.5. The molecule has 1 aromatic heterocycles. The molecule has 1 saturated carbocycles. The van der Waals surface area contributed by atoms with E-state index in [0.29, 0.717) is 28.2 Å². The number of rotatable bonds is 9. The second kappa shape index (κ2) is 12.1. The fourth-order valence-electron chi connectivity index (χ4n) is 5.26. The highest BCUT2D eigenvalue weighted by Crippen LogP contribution is 2.38. The van der Waals surface area contributed by atoms with Crippen molar-refractivity contribution in [3.8, 4) is 11.5 Å². The summed E-state index contributed by atoms with van der Waals surface area (Å²) in [6.07, 6.45) is 4.79. The molecular weight excluding hydrogens is 513 g/mol. The zero-order chi connectivity index (χ0) is 28.1. The van der Waals surface area contributed by atoms with Crippen LogP contribution >= 0.6 is 0 Å². The number of hydrogen-bond donors (Lipinski definition) is 1. The van der Waals surface area contributed by atoms with Crippen LogP contribution in [0.2, 0.25) is 0 Å². The number of carbonyl (C=O) groups excluding carboxylic acids is 2. The first-order valence-corrected chi connectivity index (χ1v) is 13.4. The van der Waals surface area contributed by atoms with Crippen LogP contribution < -0.4 is 19.7 Å². The number of benzene rings is 3. The molecule has 3 aromatic carbocycles. The number of anilines is 1. The highest BCUT2D eigenvalue weighted by atomic mass is 19.1. The van der Waals surface area contributed by atoms with E-state index >= 15 is 4.39 Å². The van der Waals surface area contributed by atoms with E-state index < -0.39 is 23.7 Å². The van der Waals surface area contributed by atoms with Crippen molar-refractivity contribution >= 4 is 28.5 Å². The summed E-state index contributed by atoms with van der Waals surface area (Å²) in [6.45, 7) is -0.239. The quantitative estimate of drug-likeness (QED) is 0.324. The average molecular weight is 546 g/mol. The molecule has 5 rings (SSSR count). The second-order valence-corrected chi connectivity index (χ2v) is 9.80. The molecule has 0 saturated heterocycles. The maximum absolute atomic E-state index is 15.4. The molecule has 1 N–H and O–H groups in total. The lowest BCUT2D eigenvalue weighted by atomic mass is 9.94. The molecule has 10 heteroatoms. The minimum atomic E-state index is -1.31. The second-order valence-electron chi connectivity index (χ2n) is 9.80. The summed E-state index contributed by atoms with van der Waals surface area (Å²) in [7, 11) is 2.99. The summed E-state index contributed by atoms with van der Waals surface area (Å²) >= 11 is 0. The van der Waals surface area contributed by atoms with E-state index in [9.17, 15) is 9.59 Å². The van der Waals surface area contributed by atoms with Crippen LogP contribution in [0.5, 0.6) is 11.5 Å². The van der Waals surface area contributed by atoms with Crippen LogP contribution in [-0.2, 0) is 16.1 Å². The SMILES string of the molecule is COc1ccc(N(C(=O)Cn2nnc3ccccc32)[C@H](C(=O)NC2CCCCC2)c2ccccc2F)c(OC)c1. The molecule has 0 aliphatic heterocycles. The Bertz CT molecular complexity index is 1500. The Balaban J connectivity index is 1.63. The smallest absolute Gasteiger partial charge is 0.249 e. The summed E-state index contributed by atoms with van der Waals surface area (Å²) in [4.78, 5) is 29.6. The molecule has 1 heterocycles. The van der Waals surface area contributed by atoms with Gasteiger partial charge in [0.1, 0.15) is 35.4 Å². The maximum atomic E-state index is 15.4. The molecule has 0 spiro atoms. The molecule has 40 heavy (non-hydrogen) atoms. The van der Waals surface area contributed by atoms with Gasteiger partial charge in [0, 0.05) is 17.7 Å². The van der Waals surface area contributed by atoms with Crippen LogP contribution in [0.3, 0.4) is 0 Å². The molecule has 9 nitrogen and oxygen atoms in total. The van der Waals surface area contributed by atoms with Crippen molar-refractivity contribution in [2.75, 3.05) is 19.1 Å². The van der Waals surface area contributed by atoms with E-state index in [1.807, 2.05) is 18.2 Å². The zero-order valence-corrected chi connectivity index (χ0v) is 22.5. The summed E-state index contributed by atoms with van der Waals surface area (Å²) in [5.41, 5.74) is 1.66. The van der Waals surface area contributed by atoms with E-state index in [1.165, 1.54) is 35.9 Å². The lowest BCUT2D eigenvalue weighted by Crippen LogP contribution is -2.48. The predicted molar refractivity (Wildman–Crippen MR) is 149 cm³/mol. The van der Waals surface area contributed by atoms with Gasteiger partial charge in [0.25, 0.3) is 0 Å². The van der Waals surface area contributed by atoms with Crippen LogP contribution in [0.25, 0.3) is 11.0 Å². The highest BCUT2D eigenvalue weighted by molar-refractivity contribution is 6.02. The number of nitrogens with one attached hydrogen (secondary N) is 1. The Morgan fingerprint density at radius 3 is 2.52 bits per heavy atom. The molecule has 0 unspecified atom stereocenters. The number of carbonyl (C=O) groups is 2. The molecule has 1 fully saturated rings. The van der Waals surface area contributed by atoms with Gasteiger partial charge in [-0.15, -0.1) is 5.10 Å². The van der Waals surface area contributed by atoms with Gasteiger partial charge in [0.15, 0.2) is 0 Å². The number of aromatic nitrogens is 3. The van der Waals surface area contributed by atoms with Crippen molar-refractivity contribution in [2.45, 2.75) is 50.7 Å². The maximum Gasteiger partial charge on any atom is 0.249 e. The third kappa shape index (κ3) is 5.61. The Hall–Kier alpha value is -4.47. The topological polar surface area (TPSA) is 98.6 Å². The molecule has 1 aliphatic carbocycles. The molecule has 1 aliphatic rings. The van der Waals surface area contributed by atoms with Crippen molar-refractivity contribution in [3.63, 3.8) is 0 Å². The summed E-state index contributed by atoms with van der Waals surface area (Å²) in [6, 6.07) is 16.9. The third-order valence-corrected chi connectivity index (χ3v) is 7.28. The van der Waals surface area contributed by atoms with Crippen molar-refractivity contribution in [3.05, 3.63) is 78.1 Å². The van der Waals surface area contributed by atoms with Gasteiger partial charge in [-0.3, -0.25) is 14.5 Å². The fraction of sp³-hybridized carbons (Fsp3) is 0.333. The Labute approximate surface area is 231 Å². The van der Waals surface area contributed by atoms with Crippen LogP contribution in [-0.4, -0.2) is 47.1 Å². The lowest BCUT2D eigenvalue weighted by Gasteiger charge is -2.34. The first kappa shape index (κ1) is 27.1. The molecule has 0 bridgehead atoms. The normalized spacial score (nSPS) is 14.5. The predicted octanol–water partition coefficient (Wildman–Crippen LogP) is 4.81. The van der Waals surface area contributed by atoms with Crippen LogP contribution in [0.4, 0.5) is 10.1 Å². The van der Waals surface area contributed by atoms with Crippen molar-refractivity contribution in [1.82, 2.24) is 20.3 Å². The van der Waals surface area contributed by atoms with Gasteiger partial charge in [-0.1, -0.05) is 54.8 Å². The summed E-state index contributed by atoms with van der Waals surface area (Å²) in [5, 5.41) is 11.4. The number of halogens is 1. The van der Waals surface area contributed by atoms with Gasteiger partial charge < -0.3 is 14.8 Å². The number of para-hydroxylation sites is 1. The van der Waals surface area contributed by atoms with Gasteiger partial charge in [0.05, 0.1) is 25.4 Å². The van der Waals surface area contributed by atoms with Gasteiger partial charge >= 0.3 is 0 Å².